The maximum atomic E-state index is 13.2. The molecule has 1 aromatic carbocycles. The molecule has 2 saturated carbocycles. The second kappa shape index (κ2) is 13.4. The molecule has 47 heavy (non-hydrogen) atoms. The fraction of sp³-hybridized carbons (Fsp3) is 0.543. The zero-order chi connectivity index (χ0) is 34.1. The van der Waals surface area contributed by atoms with Crippen LogP contribution in [0, 0.1) is 0 Å². The summed E-state index contributed by atoms with van der Waals surface area (Å²) in [6.07, 6.45) is 9.57. The van der Waals surface area contributed by atoms with E-state index in [1.165, 1.54) is 6.20 Å². The van der Waals surface area contributed by atoms with Crippen molar-refractivity contribution in [3.05, 3.63) is 77.0 Å². The monoisotopic (exact) mass is 665 g/mol. The van der Waals surface area contributed by atoms with Crippen LogP contribution >= 0.6 is 11.6 Å². The molecular weight excluding hydrogens is 618 g/mol. The maximum absolute atomic E-state index is 13.2. The van der Waals surface area contributed by atoms with Gasteiger partial charge >= 0.3 is 12.2 Å². The van der Waals surface area contributed by atoms with Crippen LogP contribution in [0.5, 0.6) is 0 Å². The fourth-order valence-electron chi connectivity index (χ4n) is 6.19. The first-order valence-electron chi connectivity index (χ1n) is 16.3. The Kier molecular flexibility index (Phi) is 9.92. The number of alkyl carbamates (subject to hydrolysis) is 1. The predicted octanol–water partition coefficient (Wildman–Crippen LogP) is 6.17. The molecule has 0 bridgehead atoms. The lowest BCUT2D eigenvalue weighted by Gasteiger charge is -2.47. The van der Waals surface area contributed by atoms with Gasteiger partial charge in [-0.3, -0.25) is 9.89 Å². The molecule has 12 heteroatoms. The number of allylic oxidation sites excluding steroid dienone is 1. The summed E-state index contributed by atoms with van der Waals surface area (Å²) in [4.78, 5) is 39.2. The minimum atomic E-state index is -1.25. The van der Waals surface area contributed by atoms with E-state index in [0.717, 1.165) is 48.1 Å². The summed E-state index contributed by atoms with van der Waals surface area (Å²) in [5.74, 6) is -0.340. The lowest BCUT2D eigenvalue weighted by molar-refractivity contribution is 0.0277. The highest BCUT2D eigenvalue weighted by atomic mass is 35.5. The number of halogens is 1. The summed E-state index contributed by atoms with van der Waals surface area (Å²) in [7, 11) is 1.89. The molecule has 1 aliphatic heterocycles. The minimum absolute atomic E-state index is 0.297. The fourth-order valence-corrected chi connectivity index (χ4v) is 6.37. The van der Waals surface area contributed by atoms with E-state index in [2.05, 4.69) is 21.8 Å². The van der Waals surface area contributed by atoms with Crippen LogP contribution in [0.15, 0.2) is 60.1 Å². The molecule has 2 aromatic rings. The van der Waals surface area contributed by atoms with E-state index in [9.17, 15) is 9.59 Å². The molecule has 3 atom stereocenters. The molecule has 3 aliphatic rings. The molecule has 2 heterocycles. The number of aryl methyl sites for hydroxylation is 1. The molecule has 3 N–H and O–H groups in total. The van der Waals surface area contributed by atoms with Crippen molar-refractivity contribution in [2.75, 3.05) is 26.2 Å². The number of aromatic nitrogens is 2. The van der Waals surface area contributed by atoms with Crippen molar-refractivity contribution in [3.63, 3.8) is 0 Å². The zero-order valence-electron chi connectivity index (χ0n) is 28.4. The van der Waals surface area contributed by atoms with E-state index < -0.39 is 23.4 Å². The molecule has 11 nitrogen and oxygen atoms in total. The number of rotatable bonds is 11. The Morgan fingerprint density at radius 1 is 1.15 bits per heavy atom. The van der Waals surface area contributed by atoms with E-state index in [-0.39, 0.29) is 17.6 Å². The smallest absolute Gasteiger partial charge is 0.410 e. The van der Waals surface area contributed by atoms with E-state index >= 15 is 0 Å². The quantitative estimate of drug-likeness (QED) is 0.275. The Hall–Kier alpha value is -3.67. The number of amides is 2. The average Bonchev–Trinajstić information content (AvgIpc) is 3.92. The second-order valence-electron chi connectivity index (χ2n) is 13.6. The molecule has 0 radical (unpaired) electrons. The highest BCUT2D eigenvalue weighted by molar-refractivity contribution is 6.30. The van der Waals surface area contributed by atoms with Gasteiger partial charge in [0.05, 0.1) is 30.0 Å². The predicted molar refractivity (Wildman–Crippen MR) is 183 cm³/mol. The van der Waals surface area contributed by atoms with Crippen molar-refractivity contribution in [3.8, 4) is 0 Å². The van der Waals surface area contributed by atoms with Crippen LogP contribution in [0.4, 0.5) is 9.59 Å². The van der Waals surface area contributed by atoms with Gasteiger partial charge in [-0.1, -0.05) is 37.2 Å². The summed E-state index contributed by atoms with van der Waals surface area (Å²) in [5.41, 5.74) is 9.52. The standard InChI is InChI=1S/C35H48ClN7O4/c1-8-23(3)30(39-9-2)35(37,43-18-16-42(17-19-43)32(45)47-34(6)14-15-34)27-11-10-25(36)20-26(27)24(4)29(28-21-38-22-41(28)7)40-31(44)46-33(5)12-13-33/h8-11,20-22,24,29H,2,12-19,37H2,1,3-7H3,(H,40,44)/b23-8-,39-30?/t24?,29-,35+/m1/s1. The first-order chi connectivity index (χ1) is 22.2. The van der Waals surface area contributed by atoms with Crippen LogP contribution in [0.25, 0.3) is 0 Å². The number of benzene rings is 1. The second-order valence-corrected chi connectivity index (χ2v) is 14.0. The van der Waals surface area contributed by atoms with Gasteiger partial charge in [0.25, 0.3) is 0 Å². The number of nitrogens with one attached hydrogen (secondary N) is 1. The Labute approximate surface area is 282 Å². The summed E-state index contributed by atoms with van der Waals surface area (Å²) in [5, 5.41) is 3.66. The summed E-state index contributed by atoms with van der Waals surface area (Å²) in [6, 6.07) is 5.14. The zero-order valence-corrected chi connectivity index (χ0v) is 29.1. The Morgan fingerprint density at radius 2 is 1.79 bits per heavy atom. The van der Waals surface area contributed by atoms with Crippen LogP contribution in [-0.4, -0.2) is 74.6 Å². The van der Waals surface area contributed by atoms with Gasteiger partial charge in [0.15, 0.2) is 0 Å². The van der Waals surface area contributed by atoms with Crippen LogP contribution in [0.3, 0.4) is 0 Å². The molecule has 2 aliphatic carbocycles. The summed E-state index contributed by atoms with van der Waals surface area (Å²) in [6.45, 7) is 15.6. The highest BCUT2D eigenvalue weighted by Gasteiger charge is 2.47. The van der Waals surface area contributed by atoms with Gasteiger partial charge in [0, 0.05) is 50.4 Å². The number of imidazole rings is 1. The van der Waals surface area contributed by atoms with Crippen LogP contribution in [-0.2, 0) is 22.2 Å². The molecule has 0 spiro atoms. The Bertz CT molecular complexity index is 1570. The van der Waals surface area contributed by atoms with Gasteiger partial charge < -0.3 is 30.0 Å². The van der Waals surface area contributed by atoms with E-state index in [4.69, 9.17) is 31.8 Å². The molecule has 1 saturated heterocycles. The molecule has 2 amide bonds. The molecule has 254 valence electrons. The number of hydrogen-bond donors (Lipinski definition) is 2. The normalized spacial score (nSPS) is 21.7. The van der Waals surface area contributed by atoms with Crippen LogP contribution in [0.1, 0.15) is 89.1 Å². The SMILES string of the molecule is C=CN=C(/C(C)=C\C)[C@](N)(c1ccc(Cl)cc1C(C)[C@@H](NC(=O)OC1(C)CC1)c1cncn1C)N1CCN(C(=O)OC2(C)CC2)CC1. The van der Waals surface area contributed by atoms with Gasteiger partial charge in [-0.15, -0.1) is 0 Å². The van der Waals surface area contributed by atoms with Gasteiger partial charge in [0.2, 0.25) is 0 Å². The van der Waals surface area contributed by atoms with E-state index in [1.54, 1.807) is 17.4 Å². The van der Waals surface area contributed by atoms with Crippen molar-refractivity contribution in [2.24, 2.45) is 17.8 Å². The van der Waals surface area contributed by atoms with Crippen molar-refractivity contribution in [1.29, 1.82) is 0 Å². The van der Waals surface area contributed by atoms with Crippen LogP contribution < -0.4 is 11.1 Å². The first kappa shape index (κ1) is 34.7. The van der Waals surface area contributed by atoms with Crippen molar-refractivity contribution in [1.82, 2.24) is 24.7 Å². The number of aliphatic imine (C=N–C) groups is 1. The Balaban J connectivity index is 1.56. The highest BCUT2D eigenvalue weighted by Crippen LogP contribution is 2.42. The lowest BCUT2D eigenvalue weighted by atomic mass is 9.79. The number of nitrogens with two attached hydrogens (primary N) is 1. The third-order valence-corrected chi connectivity index (χ3v) is 10.1. The van der Waals surface area contributed by atoms with Gasteiger partial charge in [-0.25, -0.2) is 14.6 Å². The molecular formula is C35H48ClN7O4. The van der Waals surface area contributed by atoms with Gasteiger partial charge in [0.1, 0.15) is 16.9 Å². The van der Waals surface area contributed by atoms with E-state index in [0.29, 0.717) is 36.9 Å². The number of nitrogens with zero attached hydrogens (tertiary/aromatic N) is 5. The number of carbonyl (C=O) groups excluding carboxylic acids is 2. The minimum Gasteiger partial charge on any atom is -0.443 e. The topological polar surface area (TPSA) is 127 Å². The van der Waals surface area contributed by atoms with Crippen molar-refractivity contribution < 1.29 is 19.1 Å². The molecule has 1 unspecified atom stereocenters. The van der Waals surface area contributed by atoms with Gasteiger partial charge in [-0.2, -0.15) is 0 Å². The third kappa shape index (κ3) is 7.42. The summed E-state index contributed by atoms with van der Waals surface area (Å²) >= 11 is 6.70. The average molecular weight is 666 g/mol. The maximum Gasteiger partial charge on any atom is 0.410 e. The van der Waals surface area contributed by atoms with Crippen LogP contribution in [0.2, 0.25) is 5.02 Å². The molecule has 1 aromatic heterocycles. The lowest BCUT2D eigenvalue weighted by Crippen LogP contribution is -2.64. The number of ether oxygens (including phenoxy) is 2. The van der Waals surface area contributed by atoms with Gasteiger partial charge in [-0.05, 0) is 82.2 Å². The number of hydrogen-bond acceptors (Lipinski definition) is 8. The summed E-state index contributed by atoms with van der Waals surface area (Å²) < 4.78 is 13.4. The largest absolute Gasteiger partial charge is 0.443 e. The number of carbonyl (C=O) groups is 2. The van der Waals surface area contributed by atoms with E-state index in [1.807, 2.05) is 70.5 Å². The third-order valence-electron chi connectivity index (χ3n) is 9.87. The molecule has 3 fully saturated rings. The molecule has 5 rings (SSSR count). The van der Waals surface area contributed by atoms with Crippen molar-refractivity contribution >= 4 is 29.5 Å². The van der Waals surface area contributed by atoms with Crippen molar-refractivity contribution in [2.45, 2.75) is 89.1 Å². The number of piperazine rings is 1. The first-order valence-corrected chi connectivity index (χ1v) is 16.7. The Morgan fingerprint density at radius 3 is 2.34 bits per heavy atom.